The number of anilines is 2. The number of aromatic nitrogens is 1. The molecule has 0 aliphatic heterocycles. The molecule has 8 nitrogen and oxygen atoms in total. The third-order valence-corrected chi connectivity index (χ3v) is 4.24. The summed E-state index contributed by atoms with van der Waals surface area (Å²) in [4.78, 5) is 38.8. The molecular weight excluding hydrogens is 408 g/mol. The number of nitro benzene ring substituents is 1. The Kier molecular flexibility index (Phi) is 6.51. The predicted octanol–water partition coefficient (Wildman–Crippen LogP) is 4.55. The number of nitrogens with one attached hydrogen (secondary N) is 2. The van der Waals surface area contributed by atoms with Crippen LogP contribution >= 0.6 is 11.6 Å². The zero-order valence-corrected chi connectivity index (χ0v) is 16.2. The standard InChI is InChI=1S/C21H15ClN4O4/c22-18-6-4-14(12-19(18)26(29)30)5-7-20(27)24-17-3-1-2-15(13-17)21(28)25-16-8-10-23-11-9-16/h1-13H,(H,24,27)(H,23,25,28)/b7-5+. The van der Waals surface area contributed by atoms with Crippen LogP contribution in [-0.2, 0) is 4.79 Å². The minimum absolute atomic E-state index is 0.0171. The van der Waals surface area contributed by atoms with Gasteiger partial charge in [-0.25, -0.2) is 0 Å². The van der Waals surface area contributed by atoms with Gasteiger partial charge in [-0.2, -0.15) is 0 Å². The Balaban J connectivity index is 1.66. The van der Waals surface area contributed by atoms with Gasteiger partial charge in [0.2, 0.25) is 5.91 Å². The highest BCUT2D eigenvalue weighted by Gasteiger charge is 2.12. The van der Waals surface area contributed by atoms with Gasteiger partial charge in [0, 0.05) is 41.5 Å². The van der Waals surface area contributed by atoms with E-state index in [1.165, 1.54) is 30.4 Å². The van der Waals surface area contributed by atoms with Gasteiger partial charge in [0.1, 0.15) is 5.02 Å². The van der Waals surface area contributed by atoms with Crippen LogP contribution in [0, 0.1) is 10.1 Å². The quantitative estimate of drug-likeness (QED) is 0.343. The van der Waals surface area contributed by atoms with Gasteiger partial charge in [-0.3, -0.25) is 24.7 Å². The van der Waals surface area contributed by atoms with Crippen molar-refractivity contribution in [1.82, 2.24) is 4.98 Å². The normalized spacial score (nSPS) is 10.6. The zero-order valence-electron chi connectivity index (χ0n) is 15.4. The van der Waals surface area contributed by atoms with Gasteiger partial charge in [-0.05, 0) is 48.0 Å². The van der Waals surface area contributed by atoms with Gasteiger partial charge in [0.05, 0.1) is 4.92 Å². The molecule has 0 aliphatic carbocycles. The zero-order chi connectivity index (χ0) is 21.5. The molecule has 0 atom stereocenters. The highest BCUT2D eigenvalue weighted by atomic mass is 35.5. The topological polar surface area (TPSA) is 114 Å². The van der Waals surface area contributed by atoms with E-state index in [4.69, 9.17) is 11.6 Å². The van der Waals surface area contributed by atoms with Crippen molar-refractivity contribution in [2.45, 2.75) is 0 Å². The van der Waals surface area contributed by atoms with Crippen molar-refractivity contribution in [2.24, 2.45) is 0 Å². The molecule has 150 valence electrons. The van der Waals surface area contributed by atoms with Crippen LogP contribution in [0.1, 0.15) is 15.9 Å². The predicted molar refractivity (Wildman–Crippen MR) is 114 cm³/mol. The molecule has 1 aromatic heterocycles. The number of pyridine rings is 1. The van der Waals surface area contributed by atoms with Gasteiger partial charge in [0.15, 0.2) is 0 Å². The number of halogens is 1. The second-order valence-corrected chi connectivity index (χ2v) is 6.47. The summed E-state index contributed by atoms with van der Waals surface area (Å²) >= 11 is 5.77. The first-order valence-corrected chi connectivity index (χ1v) is 9.04. The maximum Gasteiger partial charge on any atom is 0.288 e. The van der Waals surface area contributed by atoms with E-state index in [-0.39, 0.29) is 16.6 Å². The van der Waals surface area contributed by atoms with Crippen molar-refractivity contribution < 1.29 is 14.5 Å². The number of benzene rings is 2. The second-order valence-electron chi connectivity index (χ2n) is 6.06. The third-order valence-electron chi connectivity index (χ3n) is 3.92. The average Bonchev–Trinajstić information content (AvgIpc) is 2.74. The summed E-state index contributed by atoms with van der Waals surface area (Å²) in [6.07, 6.45) is 5.79. The summed E-state index contributed by atoms with van der Waals surface area (Å²) in [6.45, 7) is 0. The van der Waals surface area contributed by atoms with Crippen LogP contribution in [0.3, 0.4) is 0 Å². The number of carbonyl (C=O) groups excluding carboxylic acids is 2. The SMILES string of the molecule is O=C(/C=C/c1ccc(Cl)c([N+](=O)[O-])c1)Nc1cccc(C(=O)Nc2ccncc2)c1. The fourth-order valence-electron chi connectivity index (χ4n) is 2.51. The van der Waals surface area contributed by atoms with Crippen LogP contribution in [0.4, 0.5) is 17.1 Å². The first-order chi connectivity index (χ1) is 14.4. The highest BCUT2D eigenvalue weighted by Crippen LogP contribution is 2.25. The van der Waals surface area contributed by atoms with E-state index in [2.05, 4.69) is 15.6 Å². The summed E-state index contributed by atoms with van der Waals surface area (Å²) < 4.78 is 0. The molecule has 0 radical (unpaired) electrons. The van der Waals surface area contributed by atoms with Crippen LogP contribution in [0.5, 0.6) is 0 Å². The molecule has 9 heteroatoms. The minimum Gasteiger partial charge on any atom is -0.322 e. The molecule has 30 heavy (non-hydrogen) atoms. The van der Waals surface area contributed by atoms with Crippen molar-refractivity contribution >= 4 is 46.6 Å². The van der Waals surface area contributed by atoms with Crippen LogP contribution in [0.15, 0.2) is 73.1 Å². The fourth-order valence-corrected chi connectivity index (χ4v) is 2.69. The molecule has 2 aromatic carbocycles. The number of hydrogen-bond donors (Lipinski definition) is 2. The number of nitrogens with zero attached hydrogens (tertiary/aromatic N) is 2. The second kappa shape index (κ2) is 9.44. The smallest absolute Gasteiger partial charge is 0.288 e. The van der Waals surface area contributed by atoms with Gasteiger partial charge >= 0.3 is 0 Å². The van der Waals surface area contributed by atoms with E-state index in [1.807, 2.05) is 0 Å². The highest BCUT2D eigenvalue weighted by molar-refractivity contribution is 6.32. The monoisotopic (exact) mass is 422 g/mol. The number of nitro groups is 1. The molecule has 0 bridgehead atoms. The Morgan fingerprint density at radius 1 is 1.00 bits per heavy atom. The lowest BCUT2D eigenvalue weighted by molar-refractivity contribution is -0.384. The molecular formula is C21H15ClN4O4. The molecule has 0 aliphatic rings. The largest absolute Gasteiger partial charge is 0.322 e. The van der Waals surface area contributed by atoms with Gasteiger partial charge < -0.3 is 10.6 Å². The number of hydrogen-bond acceptors (Lipinski definition) is 5. The molecule has 2 amide bonds. The van der Waals surface area contributed by atoms with E-state index in [1.54, 1.807) is 48.8 Å². The lowest BCUT2D eigenvalue weighted by atomic mass is 10.1. The minimum atomic E-state index is -0.595. The van der Waals surface area contributed by atoms with Crippen molar-refractivity contribution in [1.29, 1.82) is 0 Å². The van der Waals surface area contributed by atoms with Crippen molar-refractivity contribution in [2.75, 3.05) is 10.6 Å². The summed E-state index contributed by atoms with van der Waals surface area (Å²) in [7, 11) is 0. The number of carbonyl (C=O) groups is 2. The van der Waals surface area contributed by atoms with E-state index in [9.17, 15) is 19.7 Å². The fraction of sp³-hybridized carbons (Fsp3) is 0. The molecule has 1 heterocycles. The molecule has 0 unspecified atom stereocenters. The van der Waals surface area contributed by atoms with Gasteiger partial charge in [0.25, 0.3) is 11.6 Å². The summed E-state index contributed by atoms with van der Waals surface area (Å²) in [5.41, 5.74) is 1.60. The van der Waals surface area contributed by atoms with E-state index >= 15 is 0 Å². The Morgan fingerprint density at radius 3 is 2.50 bits per heavy atom. The molecule has 3 rings (SSSR count). The van der Waals surface area contributed by atoms with Crippen molar-refractivity contribution in [3.05, 3.63) is 99.3 Å². The third kappa shape index (κ3) is 5.49. The lowest BCUT2D eigenvalue weighted by Gasteiger charge is -2.07. The average molecular weight is 423 g/mol. The molecule has 3 aromatic rings. The van der Waals surface area contributed by atoms with Crippen LogP contribution in [-0.4, -0.2) is 21.7 Å². The van der Waals surface area contributed by atoms with E-state index < -0.39 is 10.8 Å². The molecule has 2 N–H and O–H groups in total. The molecule has 0 saturated carbocycles. The molecule has 0 saturated heterocycles. The maximum absolute atomic E-state index is 12.4. The lowest BCUT2D eigenvalue weighted by Crippen LogP contribution is -2.13. The Hall–Kier alpha value is -4.04. The first-order valence-electron chi connectivity index (χ1n) is 8.67. The van der Waals surface area contributed by atoms with E-state index in [0.29, 0.717) is 22.5 Å². The first kappa shape index (κ1) is 20.7. The van der Waals surface area contributed by atoms with Gasteiger partial charge in [-0.15, -0.1) is 0 Å². The maximum atomic E-state index is 12.4. The molecule has 0 spiro atoms. The Labute approximate surface area is 176 Å². The van der Waals surface area contributed by atoms with Gasteiger partial charge in [-0.1, -0.05) is 23.7 Å². The summed E-state index contributed by atoms with van der Waals surface area (Å²) in [6, 6.07) is 14.0. The van der Waals surface area contributed by atoms with Crippen LogP contribution < -0.4 is 10.6 Å². The van der Waals surface area contributed by atoms with Crippen molar-refractivity contribution in [3.8, 4) is 0 Å². The van der Waals surface area contributed by atoms with Crippen LogP contribution in [0.25, 0.3) is 6.08 Å². The Bertz CT molecular complexity index is 1130. The van der Waals surface area contributed by atoms with Crippen LogP contribution in [0.2, 0.25) is 5.02 Å². The Morgan fingerprint density at radius 2 is 1.77 bits per heavy atom. The summed E-state index contributed by atoms with van der Waals surface area (Å²) in [5.74, 6) is -0.791. The summed E-state index contributed by atoms with van der Waals surface area (Å²) in [5, 5.41) is 16.3. The van der Waals surface area contributed by atoms with Crippen molar-refractivity contribution in [3.63, 3.8) is 0 Å². The van der Waals surface area contributed by atoms with E-state index in [0.717, 1.165) is 0 Å². The molecule has 0 fully saturated rings. The number of amides is 2. The number of rotatable bonds is 6.